The molecule has 106 valence electrons. The van der Waals surface area contributed by atoms with Crippen molar-refractivity contribution in [1.29, 1.82) is 0 Å². The minimum atomic E-state index is -0.124. The van der Waals surface area contributed by atoms with Crippen LogP contribution in [0, 0.1) is 5.92 Å². The van der Waals surface area contributed by atoms with E-state index in [1.165, 1.54) is 7.11 Å². The minimum absolute atomic E-state index is 0.109. The molecular weight excluding hydrogens is 248 g/mol. The summed E-state index contributed by atoms with van der Waals surface area (Å²) in [6.07, 6.45) is 1.11. The Hall–Kier alpha value is -0.260. The van der Waals surface area contributed by atoms with E-state index in [1.54, 1.807) is 0 Å². The first-order valence-corrected chi connectivity index (χ1v) is 7.99. The Balaban J connectivity index is 2.38. The van der Waals surface area contributed by atoms with Crippen molar-refractivity contribution in [2.24, 2.45) is 5.92 Å². The first kappa shape index (κ1) is 15.8. The molecule has 0 aliphatic carbocycles. The lowest BCUT2D eigenvalue weighted by Gasteiger charge is -2.24. The number of carbonyl (C=O) groups excluding carboxylic acids is 1. The average Bonchev–Trinajstić information content (AvgIpc) is 2.92. The molecule has 4 nitrogen and oxygen atoms in total. The summed E-state index contributed by atoms with van der Waals surface area (Å²) in [6, 6.07) is -0.124. The van der Waals surface area contributed by atoms with Crippen molar-refractivity contribution in [3.05, 3.63) is 0 Å². The third-order valence-corrected chi connectivity index (χ3v) is 4.77. The van der Waals surface area contributed by atoms with E-state index in [2.05, 4.69) is 24.1 Å². The van der Waals surface area contributed by atoms with E-state index < -0.39 is 0 Å². The summed E-state index contributed by atoms with van der Waals surface area (Å²) in [5.74, 6) is 2.55. The largest absolute Gasteiger partial charge is 0.468 e. The third kappa shape index (κ3) is 4.78. The van der Waals surface area contributed by atoms with Crippen LogP contribution in [0.5, 0.6) is 0 Å². The van der Waals surface area contributed by atoms with E-state index in [0.29, 0.717) is 5.92 Å². The Morgan fingerprint density at radius 2 is 2.22 bits per heavy atom. The van der Waals surface area contributed by atoms with Gasteiger partial charge in [0.2, 0.25) is 0 Å². The third-order valence-electron chi connectivity index (χ3n) is 3.58. The molecule has 0 bridgehead atoms. The van der Waals surface area contributed by atoms with Crippen LogP contribution in [0.4, 0.5) is 0 Å². The van der Waals surface area contributed by atoms with Crippen molar-refractivity contribution in [3.63, 3.8) is 0 Å². The van der Waals surface area contributed by atoms with Crippen LogP contribution in [0.25, 0.3) is 0 Å². The minimum Gasteiger partial charge on any atom is -0.468 e. The Bertz CT molecular complexity index is 241. The van der Waals surface area contributed by atoms with Gasteiger partial charge in [0.25, 0.3) is 0 Å². The first-order chi connectivity index (χ1) is 8.72. The molecule has 2 unspecified atom stereocenters. The van der Waals surface area contributed by atoms with Crippen molar-refractivity contribution in [2.75, 3.05) is 44.8 Å². The van der Waals surface area contributed by atoms with Crippen LogP contribution in [-0.4, -0.2) is 61.7 Å². The Morgan fingerprint density at radius 1 is 1.50 bits per heavy atom. The number of hydrogen-bond donors (Lipinski definition) is 1. The standard InChI is InChI=1S/C13H26N2O2S/c1-4-15(5-2)8-7-14-12(13(16)17-3)11-6-9-18-10-11/h11-12,14H,4-10H2,1-3H3. The molecule has 18 heavy (non-hydrogen) atoms. The molecule has 0 saturated carbocycles. The number of methoxy groups -OCH3 is 1. The fourth-order valence-electron chi connectivity index (χ4n) is 2.30. The zero-order valence-corrected chi connectivity index (χ0v) is 12.6. The lowest BCUT2D eigenvalue weighted by molar-refractivity contribution is -0.144. The monoisotopic (exact) mass is 274 g/mol. The highest BCUT2D eigenvalue weighted by molar-refractivity contribution is 7.99. The number of rotatable bonds is 8. The van der Waals surface area contributed by atoms with Gasteiger partial charge in [0.1, 0.15) is 6.04 Å². The van der Waals surface area contributed by atoms with Crippen LogP contribution in [0.2, 0.25) is 0 Å². The van der Waals surface area contributed by atoms with Gasteiger partial charge >= 0.3 is 5.97 Å². The maximum absolute atomic E-state index is 11.8. The number of nitrogens with zero attached hydrogens (tertiary/aromatic N) is 1. The van der Waals surface area contributed by atoms with Gasteiger partial charge in [-0.15, -0.1) is 0 Å². The smallest absolute Gasteiger partial charge is 0.323 e. The molecule has 0 aromatic carbocycles. The predicted octanol–water partition coefficient (Wildman–Crippen LogP) is 1.21. The van der Waals surface area contributed by atoms with E-state index in [1.807, 2.05) is 11.8 Å². The van der Waals surface area contributed by atoms with Gasteiger partial charge in [0, 0.05) is 13.1 Å². The number of hydrogen-bond acceptors (Lipinski definition) is 5. The predicted molar refractivity (Wildman–Crippen MR) is 77.0 cm³/mol. The maximum Gasteiger partial charge on any atom is 0.323 e. The van der Waals surface area contributed by atoms with Gasteiger partial charge in [0.15, 0.2) is 0 Å². The summed E-state index contributed by atoms with van der Waals surface area (Å²) in [6.45, 7) is 8.27. The molecule has 1 rings (SSSR count). The molecule has 1 heterocycles. The highest BCUT2D eigenvalue weighted by Gasteiger charge is 2.31. The fourth-order valence-corrected chi connectivity index (χ4v) is 3.60. The van der Waals surface area contributed by atoms with E-state index in [9.17, 15) is 4.79 Å². The molecule has 0 spiro atoms. The summed E-state index contributed by atoms with van der Waals surface area (Å²) in [4.78, 5) is 14.2. The SMILES string of the molecule is CCN(CC)CCNC(C(=O)OC)C1CCSC1. The second-order valence-corrected chi connectivity index (χ2v) is 5.76. The van der Waals surface area contributed by atoms with Crippen LogP contribution in [0.1, 0.15) is 20.3 Å². The summed E-state index contributed by atoms with van der Waals surface area (Å²) in [7, 11) is 1.48. The molecule has 0 aromatic rings. The van der Waals surface area contributed by atoms with Crippen molar-refractivity contribution >= 4 is 17.7 Å². The van der Waals surface area contributed by atoms with Gasteiger partial charge in [0.05, 0.1) is 7.11 Å². The van der Waals surface area contributed by atoms with Gasteiger partial charge in [-0.25, -0.2) is 0 Å². The van der Waals surface area contributed by atoms with Crippen LogP contribution in [0.15, 0.2) is 0 Å². The Morgan fingerprint density at radius 3 is 2.72 bits per heavy atom. The van der Waals surface area contributed by atoms with Gasteiger partial charge in [-0.1, -0.05) is 13.8 Å². The van der Waals surface area contributed by atoms with E-state index in [4.69, 9.17) is 4.74 Å². The molecule has 1 saturated heterocycles. The zero-order valence-electron chi connectivity index (χ0n) is 11.8. The van der Waals surface area contributed by atoms with Crippen LogP contribution >= 0.6 is 11.8 Å². The van der Waals surface area contributed by atoms with Crippen molar-refractivity contribution in [2.45, 2.75) is 26.3 Å². The normalized spacial score (nSPS) is 21.2. The van der Waals surface area contributed by atoms with E-state index in [-0.39, 0.29) is 12.0 Å². The molecule has 1 N–H and O–H groups in total. The number of carbonyl (C=O) groups is 1. The Kier molecular flexibility index (Phi) is 7.70. The highest BCUT2D eigenvalue weighted by atomic mass is 32.2. The molecule has 0 amide bonds. The first-order valence-electron chi connectivity index (χ1n) is 6.84. The summed E-state index contributed by atoms with van der Waals surface area (Å²) < 4.78 is 4.91. The number of nitrogens with one attached hydrogen (secondary N) is 1. The van der Waals surface area contributed by atoms with Crippen LogP contribution in [0.3, 0.4) is 0 Å². The lowest BCUT2D eigenvalue weighted by atomic mass is 9.99. The fraction of sp³-hybridized carbons (Fsp3) is 0.923. The number of esters is 1. The van der Waals surface area contributed by atoms with Crippen molar-refractivity contribution < 1.29 is 9.53 Å². The topological polar surface area (TPSA) is 41.6 Å². The number of thioether (sulfide) groups is 1. The van der Waals surface area contributed by atoms with Crippen molar-refractivity contribution in [1.82, 2.24) is 10.2 Å². The molecule has 1 fully saturated rings. The van der Waals surface area contributed by atoms with E-state index in [0.717, 1.165) is 44.1 Å². The summed E-state index contributed by atoms with van der Waals surface area (Å²) in [5.41, 5.74) is 0. The number of ether oxygens (including phenoxy) is 1. The van der Waals surface area contributed by atoms with Crippen LogP contribution in [-0.2, 0) is 9.53 Å². The quantitative estimate of drug-likeness (QED) is 0.674. The highest BCUT2D eigenvalue weighted by Crippen LogP contribution is 2.26. The zero-order chi connectivity index (χ0) is 13.4. The lowest BCUT2D eigenvalue weighted by Crippen LogP contribution is -2.46. The second-order valence-electron chi connectivity index (χ2n) is 4.61. The van der Waals surface area contributed by atoms with Crippen LogP contribution < -0.4 is 5.32 Å². The molecule has 1 aliphatic heterocycles. The number of likely N-dealkylation sites (N-methyl/N-ethyl adjacent to an activating group) is 1. The van der Waals surface area contributed by atoms with E-state index >= 15 is 0 Å². The van der Waals surface area contributed by atoms with Gasteiger partial charge in [-0.2, -0.15) is 11.8 Å². The van der Waals surface area contributed by atoms with Crippen molar-refractivity contribution in [3.8, 4) is 0 Å². The molecule has 2 atom stereocenters. The van der Waals surface area contributed by atoms with Gasteiger partial charge in [-0.3, -0.25) is 4.79 Å². The molecular formula is C13H26N2O2S. The second kappa shape index (κ2) is 8.77. The Labute approximate surface area is 115 Å². The van der Waals surface area contributed by atoms with Gasteiger partial charge in [-0.05, 0) is 36.9 Å². The molecule has 1 aliphatic rings. The van der Waals surface area contributed by atoms with Gasteiger partial charge < -0.3 is 15.0 Å². The maximum atomic E-state index is 11.8. The molecule has 0 aromatic heterocycles. The summed E-state index contributed by atoms with van der Waals surface area (Å²) in [5, 5.41) is 3.38. The molecule has 5 heteroatoms. The average molecular weight is 274 g/mol. The molecule has 0 radical (unpaired) electrons. The summed E-state index contributed by atoms with van der Waals surface area (Å²) >= 11 is 1.93.